The summed E-state index contributed by atoms with van der Waals surface area (Å²) in [5.41, 5.74) is 8.37. The molecule has 0 saturated heterocycles. The van der Waals surface area contributed by atoms with E-state index >= 15 is 0 Å². The molecule has 1 aliphatic rings. The number of nitrogens with zero attached hydrogens (tertiary/aromatic N) is 1. The number of nitrogens with one attached hydrogen (secondary N) is 1. The van der Waals surface area contributed by atoms with Gasteiger partial charge in [-0.3, -0.25) is 4.79 Å². The molecule has 0 radical (unpaired) electrons. The molecular weight excluding hydrogens is 465 g/mol. The van der Waals surface area contributed by atoms with E-state index in [2.05, 4.69) is 5.32 Å². The minimum Gasteiger partial charge on any atom is -0.396 e. The van der Waals surface area contributed by atoms with Gasteiger partial charge in [0.1, 0.15) is 9.77 Å². The number of benzene rings is 2. The van der Waals surface area contributed by atoms with Crippen LogP contribution in [0.2, 0.25) is 10.0 Å². The first-order valence-electron chi connectivity index (χ1n) is 8.97. The number of carbonyl (C=O) groups excluding carboxylic acids is 1. The van der Waals surface area contributed by atoms with Crippen LogP contribution in [0.5, 0.6) is 0 Å². The van der Waals surface area contributed by atoms with Gasteiger partial charge in [-0.25, -0.2) is 8.42 Å². The molecule has 156 valence electrons. The van der Waals surface area contributed by atoms with Crippen molar-refractivity contribution in [3.63, 3.8) is 0 Å². The van der Waals surface area contributed by atoms with Crippen molar-refractivity contribution in [1.82, 2.24) is 4.31 Å². The molecule has 30 heavy (non-hydrogen) atoms. The highest BCUT2D eigenvalue weighted by Gasteiger charge is 2.32. The van der Waals surface area contributed by atoms with E-state index in [4.69, 9.17) is 28.9 Å². The van der Waals surface area contributed by atoms with Gasteiger partial charge in [-0.15, -0.1) is 11.3 Å². The molecule has 2 aromatic carbocycles. The van der Waals surface area contributed by atoms with Crippen molar-refractivity contribution in [2.45, 2.75) is 17.9 Å². The molecule has 3 N–H and O–H groups in total. The quantitative estimate of drug-likeness (QED) is 0.530. The fraction of sp³-hybridized carbons (Fsp3) is 0.150. The molecule has 0 spiro atoms. The lowest BCUT2D eigenvalue weighted by atomic mass is 10.0. The first kappa shape index (κ1) is 21.1. The predicted octanol–water partition coefficient (Wildman–Crippen LogP) is 4.64. The molecular formula is C20H17Cl2N3O3S2. The van der Waals surface area contributed by atoms with E-state index in [1.54, 1.807) is 5.38 Å². The van der Waals surface area contributed by atoms with Crippen molar-refractivity contribution in [3.8, 4) is 0 Å². The van der Waals surface area contributed by atoms with Crippen LogP contribution in [0.1, 0.15) is 20.8 Å². The zero-order chi connectivity index (χ0) is 21.5. The Morgan fingerprint density at radius 1 is 1.10 bits per heavy atom. The van der Waals surface area contributed by atoms with E-state index in [0.29, 0.717) is 18.7 Å². The van der Waals surface area contributed by atoms with Crippen molar-refractivity contribution in [2.75, 3.05) is 17.6 Å². The maximum Gasteiger partial charge on any atom is 0.267 e. The Kier molecular flexibility index (Phi) is 5.78. The average molecular weight is 482 g/mol. The molecule has 0 fully saturated rings. The molecule has 0 unspecified atom stereocenters. The Bertz CT molecular complexity index is 1220. The summed E-state index contributed by atoms with van der Waals surface area (Å²) in [6, 6.07) is 12.1. The lowest BCUT2D eigenvalue weighted by Crippen LogP contribution is -2.36. The number of anilines is 2. The summed E-state index contributed by atoms with van der Waals surface area (Å²) in [6.45, 7) is 0.637. The fourth-order valence-corrected chi connectivity index (χ4v) is 6.53. The first-order valence-corrected chi connectivity index (χ1v) is 12.0. The van der Waals surface area contributed by atoms with E-state index in [-0.39, 0.29) is 32.1 Å². The van der Waals surface area contributed by atoms with Crippen molar-refractivity contribution >= 4 is 61.8 Å². The number of amides is 1. The Morgan fingerprint density at radius 2 is 1.77 bits per heavy atom. The second-order valence-corrected chi connectivity index (χ2v) is 10.4. The Hall–Kier alpha value is -2.10. The second-order valence-electron chi connectivity index (χ2n) is 6.78. The number of halogens is 2. The zero-order valence-corrected chi connectivity index (χ0v) is 18.7. The third-order valence-corrected chi connectivity index (χ3v) is 8.44. The van der Waals surface area contributed by atoms with E-state index in [1.165, 1.54) is 22.5 Å². The van der Waals surface area contributed by atoms with E-state index < -0.39 is 15.9 Å². The van der Waals surface area contributed by atoms with Gasteiger partial charge in [0.05, 0.1) is 15.7 Å². The van der Waals surface area contributed by atoms with Gasteiger partial charge in [0, 0.05) is 18.8 Å². The highest BCUT2D eigenvalue weighted by Crippen LogP contribution is 2.33. The smallest absolute Gasteiger partial charge is 0.267 e. The third-order valence-electron chi connectivity index (χ3n) is 4.89. The van der Waals surface area contributed by atoms with Crippen LogP contribution < -0.4 is 11.1 Å². The highest BCUT2D eigenvalue weighted by atomic mass is 35.5. The van der Waals surface area contributed by atoms with Crippen LogP contribution in [0.15, 0.2) is 52.7 Å². The maximum atomic E-state index is 13.3. The molecule has 2 heterocycles. The van der Waals surface area contributed by atoms with E-state index in [0.717, 1.165) is 22.5 Å². The Morgan fingerprint density at radius 3 is 2.47 bits per heavy atom. The number of nitrogen functional groups attached to an aromatic ring is 1. The highest BCUT2D eigenvalue weighted by molar-refractivity contribution is 7.89. The van der Waals surface area contributed by atoms with Gasteiger partial charge in [-0.2, -0.15) is 4.31 Å². The van der Waals surface area contributed by atoms with Crippen molar-refractivity contribution in [3.05, 3.63) is 73.9 Å². The van der Waals surface area contributed by atoms with Crippen LogP contribution in [-0.4, -0.2) is 25.2 Å². The van der Waals surface area contributed by atoms with Gasteiger partial charge < -0.3 is 11.1 Å². The molecule has 0 atom stereocenters. The molecule has 1 amide bonds. The van der Waals surface area contributed by atoms with Crippen molar-refractivity contribution in [2.24, 2.45) is 0 Å². The molecule has 6 nitrogen and oxygen atoms in total. The standard InChI is InChI=1S/C20H17Cl2N3O3S2/c21-15-9-14(10-16(22)18(15)23)24-20(26)19-17(6-8-29-19)30(27,28)25-7-5-12-3-1-2-4-13(12)11-25/h1-4,6,8-10H,5,7,11,23H2,(H,24,26). The zero-order valence-electron chi connectivity index (χ0n) is 15.6. The number of carbonyl (C=O) groups is 1. The average Bonchev–Trinajstić information content (AvgIpc) is 3.22. The van der Waals surface area contributed by atoms with Gasteiger partial charge in [-0.05, 0) is 41.1 Å². The number of hydrogen-bond donors (Lipinski definition) is 2. The number of fused-ring (bicyclic) bond motifs is 1. The number of hydrogen-bond acceptors (Lipinski definition) is 5. The summed E-state index contributed by atoms with van der Waals surface area (Å²) in [7, 11) is -3.84. The number of nitrogens with two attached hydrogens (primary N) is 1. The first-order chi connectivity index (χ1) is 14.3. The molecule has 1 aliphatic heterocycles. The number of sulfonamides is 1. The normalized spacial score (nSPS) is 14.3. The minimum atomic E-state index is -3.84. The van der Waals surface area contributed by atoms with Crippen molar-refractivity contribution in [1.29, 1.82) is 0 Å². The fourth-order valence-electron chi connectivity index (χ4n) is 3.32. The monoisotopic (exact) mass is 481 g/mol. The molecule has 0 bridgehead atoms. The molecule has 0 saturated carbocycles. The molecule has 0 aliphatic carbocycles. The summed E-state index contributed by atoms with van der Waals surface area (Å²) >= 11 is 13.1. The summed E-state index contributed by atoms with van der Waals surface area (Å²) in [5.74, 6) is -0.558. The summed E-state index contributed by atoms with van der Waals surface area (Å²) in [6.07, 6.45) is 0.628. The molecule has 4 rings (SSSR count). The minimum absolute atomic E-state index is 0.0166. The summed E-state index contributed by atoms with van der Waals surface area (Å²) in [5, 5.41) is 4.63. The van der Waals surface area contributed by atoms with E-state index in [9.17, 15) is 13.2 Å². The lowest BCUT2D eigenvalue weighted by Gasteiger charge is -2.28. The largest absolute Gasteiger partial charge is 0.396 e. The topological polar surface area (TPSA) is 92.5 Å². The molecule has 3 aromatic rings. The maximum absolute atomic E-state index is 13.3. The Labute approximate surface area is 188 Å². The SMILES string of the molecule is Nc1c(Cl)cc(NC(=O)c2sccc2S(=O)(=O)N2CCc3ccccc3C2)cc1Cl. The predicted molar refractivity (Wildman–Crippen MR) is 121 cm³/mol. The van der Waals surface area contributed by atoms with Crippen molar-refractivity contribution < 1.29 is 13.2 Å². The molecule has 10 heteroatoms. The summed E-state index contributed by atoms with van der Waals surface area (Å²) in [4.78, 5) is 12.9. The van der Waals surface area contributed by atoms with Crippen LogP contribution in [0.3, 0.4) is 0 Å². The van der Waals surface area contributed by atoms with Gasteiger partial charge in [-0.1, -0.05) is 47.5 Å². The van der Waals surface area contributed by atoms with E-state index in [1.807, 2.05) is 24.3 Å². The van der Waals surface area contributed by atoms with Crippen LogP contribution in [-0.2, 0) is 23.0 Å². The Balaban J connectivity index is 1.60. The van der Waals surface area contributed by atoms with Crippen LogP contribution in [0.4, 0.5) is 11.4 Å². The van der Waals surface area contributed by atoms with Crippen LogP contribution >= 0.6 is 34.5 Å². The number of rotatable bonds is 4. The van der Waals surface area contributed by atoms with Gasteiger partial charge >= 0.3 is 0 Å². The van der Waals surface area contributed by atoms with Gasteiger partial charge in [0.15, 0.2) is 0 Å². The second kappa shape index (κ2) is 8.20. The summed E-state index contributed by atoms with van der Waals surface area (Å²) < 4.78 is 28.0. The molecule has 1 aromatic heterocycles. The lowest BCUT2D eigenvalue weighted by molar-refractivity contribution is 0.102. The number of thiophene rings is 1. The van der Waals surface area contributed by atoms with Gasteiger partial charge in [0.2, 0.25) is 10.0 Å². The van der Waals surface area contributed by atoms with Crippen LogP contribution in [0.25, 0.3) is 0 Å². The third kappa shape index (κ3) is 3.93. The van der Waals surface area contributed by atoms with Gasteiger partial charge in [0.25, 0.3) is 5.91 Å². The van der Waals surface area contributed by atoms with Crippen LogP contribution in [0, 0.1) is 0 Å².